The molecule has 0 radical (unpaired) electrons. The molecule has 0 aliphatic carbocycles. The standard InChI is InChI=1S/C23H23N3O3/c1-2-8-21(27)26(17-20-12-7-14-29-20)22(19-11-6-13-24-16-19)23(28)25-15-18-9-4-3-5-10-18/h2-14,16,22H,15,17H2,1H3,(H,25,28). The van der Waals surface area contributed by atoms with Gasteiger partial charge < -0.3 is 14.6 Å². The third-order valence-corrected chi connectivity index (χ3v) is 4.37. The summed E-state index contributed by atoms with van der Waals surface area (Å²) in [6.07, 6.45) is 7.87. The third-order valence-electron chi connectivity index (χ3n) is 4.37. The largest absolute Gasteiger partial charge is 0.467 e. The second-order valence-corrected chi connectivity index (χ2v) is 6.44. The van der Waals surface area contributed by atoms with Crippen molar-refractivity contribution in [1.29, 1.82) is 0 Å². The molecular weight excluding hydrogens is 366 g/mol. The van der Waals surface area contributed by atoms with E-state index < -0.39 is 6.04 Å². The number of pyridine rings is 1. The van der Waals surface area contributed by atoms with Crippen molar-refractivity contribution < 1.29 is 14.0 Å². The fourth-order valence-corrected chi connectivity index (χ4v) is 3.00. The Bertz CT molecular complexity index is 938. The van der Waals surface area contributed by atoms with Gasteiger partial charge in [-0.25, -0.2) is 0 Å². The first kappa shape index (κ1) is 20.1. The molecule has 0 saturated heterocycles. The Morgan fingerprint density at radius 2 is 1.97 bits per heavy atom. The van der Waals surface area contributed by atoms with E-state index in [9.17, 15) is 9.59 Å². The number of allylic oxidation sites excluding steroid dienone is 1. The lowest BCUT2D eigenvalue weighted by Gasteiger charge is -2.29. The molecular formula is C23H23N3O3. The van der Waals surface area contributed by atoms with E-state index in [0.717, 1.165) is 5.56 Å². The topological polar surface area (TPSA) is 75.4 Å². The van der Waals surface area contributed by atoms with Crippen molar-refractivity contribution in [2.75, 3.05) is 0 Å². The predicted octanol–water partition coefficient (Wildman–Crippen LogP) is 3.64. The summed E-state index contributed by atoms with van der Waals surface area (Å²) >= 11 is 0. The van der Waals surface area contributed by atoms with Gasteiger partial charge in [0.15, 0.2) is 0 Å². The number of furan rings is 1. The summed E-state index contributed by atoms with van der Waals surface area (Å²) in [6.45, 7) is 2.29. The lowest BCUT2D eigenvalue weighted by molar-refractivity contribution is -0.138. The molecule has 3 aromatic rings. The Kier molecular flexibility index (Phi) is 6.95. The maximum Gasteiger partial charge on any atom is 0.247 e. The minimum Gasteiger partial charge on any atom is -0.467 e. The number of amides is 2. The normalized spacial score (nSPS) is 11.9. The molecule has 2 heterocycles. The highest BCUT2D eigenvalue weighted by atomic mass is 16.3. The van der Waals surface area contributed by atoms with E-state index in [0.29, 0.717) is 17.9 Å². The Labute approximate surface area is 169 Å². The van der Waals surface area contributed by atoms with Crippen LogP contribution in [0.5, 0.6) is 0 Å². The monoisotopic (exact) mass is 389 g/mol. The van der Waals surface area contributed by atoms with E-state index in [1.54, 1.807) is 55.9 Å². The van der Waals surface area contributed by atoms with Crippen molar-refractivity contribution >= 4 is 11.8 Å². The second kappa shape index (κ2) is 10.0. The number of nitrogens with one attached hydrogen (secondary N) is 1. The number of hydrogen-bond acceptors (Lipinski definition) is 4. The molecule has 0 saturated carbocycles. The van der Waals surface area contributed by atoms with Crippen molar-refractivity contribution in [2.24, 2.45) is 0 Å². The van der Waals surface area contributed by atoms with Crippen molar-refractivity contribution in [1.82, 2.24) is 15.2 Å². The van der Waals surface area contributed by atoms with Crippen LogP contribution in [0.25, 0.3) is 0 Å². The number of nitrogens with zero attached hydrogens (tertiary/aromatic N) is 2. The molecule has 1 atom stereocenters. The summed E-state index contributed by atoms with van der Waals surface area (Å²) in [4.78, 5) is 31.7. The number of rotatable bonds is 8. The van der Waals surface area contributed by atoms with Gasteiger partial charge in [-0.15, -0.1) is 0 Å². The number of hydrogen-bond donors (Lipinski definition) is 1. The summed E-state index contributed by atoms with van der Waals surface area (Å²) in [5, 5.41) is 2.94. The van der Waals surface area contributed by atoms with Crippen LogP contribution in [0, 0.1) is 0 Å². The number of benzene rings is 1. The number of aromatic nitrogens is 1. The van der Waals surface area contributed by atoms with E-state index in [1.807, 2.05) is 30.3 Å². The average Bonchev–Trinajstić information content (AvgIpc) is 3.27. The van der Waals surface area contributed by atoms with Gasteiger partial charge in [0, 0.05) is 24.5 Å². The van der Waals surface area contributed by atoms with Crippen molar-refractivity contribution in [3.05, 3.63) is 102 Å². The van der Waals surface area contributed by atoms with Gasteiger partial charge in [0.1, 0.15) is 11.8 Å². The molecule has 1 N–H and O–H groups in total. The molecule has 148 valence electrons. The fourth-order valence-electron chi connectivity index (χ4n) is 3.00. The zero-order chi connectivity index (χ0) is 20.5. The smallest absolute Gasteiger partial charge is 0.247 e. The summed E-state index contributed by atoms with van der Waals surface area (Å²) in [5.41, 5.74) is 1.60. The maximum atomic E-state index is 13.2. The Balaban J connectivity index is 1.90. The quantitative estimate of drug-likeness (QED) is 0.597. The number of carbonyl (C=O) groups is 2. The molecule has 0 aliphatic heterocycles. The van der Waals surface area contributed by atoms with Gasteiger partial charge in [-0.3, -0.25) is 14.6 Å². The lowest BCUT2D eigenvalue weighted by Crippen LogP contribution is -2.42. The van der Waals surface area contributed by atoms with Crippen LogP contribution in [0.4, 0.5) is 0 Å². The third kappa shape index (κ3) is 5.42. The minimum atomic E-state index is -0.846. The van der Waals surface area contributed by atoms with Gasteiger partial charge in [0.2, 0.25) is 11.8 Å². The molecule has 0 spiro atoms. The molecule has 2 aromatic heterocycles. The molecule has 0 aliphatic rings. The summed E-state index contributed by atoms with van der Waals surface area (Å²) in [5.74, 6) is 0.0199. The van der Waals surface area contributed by atoms with Gasteiger partial charge >= 0.3 is 0 Å². The van der Waals surface area contributed by atoms with Gasteiger partial charge in [-0.05, 0) is 36.8 Å². The summed E-state index contributed by atoms with van der Waals surface area (Å²) in [6, 6.07) is 15.8. The molecule has 6 heteroatoms. The van der Waals surface area contributed by atoms with Gasteiger partial charge in [-0.2, -0.15) is 0 Å². The first-order valence-electron chi connectivity index (χ1n) is 9.36. The molecule has 6 nitrogen and oxygen atoms in total. The zero-order valence-corrected chi connectivity index (χ0v) is 16.2. The van der Waals surface area contributed by atoms with Gasteiger partial charge in [-0.1, -0.05) is 42.5 Å². The van der Waals surface area contributed by atoms with Crippen molar-refractivity contribution in [2.45, 2.75) is 26.1 Å². The van der Waals surface area contributed by atoms with Crippen LogP contribution in [0.3, 0.4) is 0 Å². The summed E-state index contributed by atoms with van der Waals surface area (Å²) < 4.78 is 5.42. The zero-order valence-electron chi connectivity index (χ0n) is 16.2. The van der Waals surface area contributed by atoms with Crippen LogP contribution in [0.15, 0.2) is 89.8 Å². The second-order valence-electron chi connectivity index (χ2n) is 6.44. The first-order valence-corrected chi connectivity index (χ1v) is 9.36. The minimum absolute atomic E-state index is 0.161. The van der Waals surface area contributed by atoms with Crippen LogP contribution in [0.2, 0.25) is 0 Å². The fraction of sp³-hybridized carbons (Fsp3) is 0.174. The predicted molar refractivity (Wildman–Crippen MR) is 109 cm³/mol. The number of carbonyl (C=O) groups excluding carboxylic acids is 2. The highest BCUT2D eigenvalue weighted by Gasteiger charge is 2.31. The molecule has 1 aromatic carbocycles. The highest BCUT2D eigenvalue weighted by Crippen LogP contribution is 2.24. The molecule has 29 heavy (non-hydrogen) atoms. The molecule has 1 unspecified atom stereocenters. The van der Waals surface area contributed by atoms with E-state index in [4.69, 9.17) is 4.42 Å². The SMILES string of the molecule is CC=CC(=O)N(Cc1ccco1)C(C(=O)NCc1ccccc1)c1cccnc1. The van der Waals surface area contributed by atoms with E-state index in [1.165, 1.54) is 11.0 Å². The Morgan fingerprint density at radius 3 is 2.62 bits per heavy atom. The first-order chi connectivity index (χ1) is 14.2. The van der Waals surface area contributed by atoms with Crippen LogP contribution < -0.4 is 5.32 Å². The van der Waals surface area contributed by atoms with E-state index >= 15 is 0 Å². The lowest BCUT2D eigenvalue weighted by atomic mass is 10.1. The molecule has 0 bridgehead atoms. The molecule has 0 fully saturated rings. The van der Waals surface area contributed by atoms with Crippen LogP contribution in [0.1, 0.15) is 29.9 Å². The molecule has 2 amide bonds. The molecule has 3 rings (SSSR count). The Morgan fingerprint density at radius 1 is 1.14 bits per heavy atom. The van der Waals surface area contributed by atoms with Crippen LogP contribution in [-0.2, 0) is 22.7 Å². The highest BCUT2D eigenvalue weighted by molar-refractivity contribution is 5.93. The van der Waals surface area contributed by atoms with Crippen molar-refractivity contribution in [3.63, 3.8) is 0 Å². The van der Waals surface area contributed by atoms with Gasteiger partial charge in [0.25, 0.3) is 0 Å². The average molecular weight is 389 g/mol. The van der Waals surface area contributed by atoms with Gasteiger partial charge in [0.05, 0.1) is 12.8 Å². The van der Waals surface area contributed by atoms with Crippen molar-refractivity contribution in [3.8, 4) is 0 Å². The van der Waals surface area contributed by atoms with Crippen LogP contribution >= 0.6 is 0 Å². The summed E-state index contributed by atoms with van der Waals surface area (Å²) in [7, 11) is 0. The Hall–Kier alpha value is -3.67. The van der Waals surface area contributed by atoms with Crippen LogP contribution in [-0.4, -0.2) is 21.7 Å². The maximum absolute atomic E-state index is 13.2. The van der Waals surface area contributed by atoms with E-state index in [2.05, 4.69) is 10.3 Å². The van der Waals surface area contributed by atoms with E-state index in [-0.39, 0.29) is 18.4 Å².